The van der Waals surface area contributed by atoms with Crippen molar-refractivity contribution < 1.29 is 0 Å². The zero-order valence-corrected chi connectivity index (χ0v) is 10.8. The molecule has 0 aromatic carbocycles. The quantitative estimate of drug-likeness (QED) is 0.833. The van der Waals surface area contributed by atoms with Gasteiger partial charge in [-0.15, -0.1) is 0 Å². The molecule has 1 fully saturated rings. The van der Waals surface area contributed by atoms with Crippen LogP contribution in [0.25, 0.3) is 0 Å². The Morgan fingerprint density at radius 1 is 1.53 bits per heavy atom. The van der Waals surface area contributed by atoms with E-state index in [4.69, 9.17) is 0 Å². The van der Waals surface area contributed by atoms with Crippen LogP contribution in [0.3, 0.4) is 0 Å². The summed E-state index contributed by atoms with van der Waals surface area (Å²) in [6.07, 6.45) is 3.02. The monoisotopic (exact) mass is 234 g/mol. The van der Waals surface area contributed by atoms with E-state index in [0.29, 0.717) is 6.04 Å². The van der Waals surface area contributed by atoms with Crippen LogP contribution in [0.15, 0.2) is 18.3 Å². The van der Waals surface area contributed by atoms with Crippen LogP contribution in [0.4, 0.5) is 0 Å². The van der Waals surface area contributed by atoms with Crippen molar-refractivity contribution in [2.75, 3.05) is 19.6 Å². The molecule has 0 radical (unpaired) electrons. The van der Waals surface area contributed by atoms with Crippen LogP contribution < -0.4 is 5.32 Å². The maximum Gasteiger partial charge on any atom is 0.0771 e. The Morgan fingerprint density at radius 3 is 3.12 bits per heavy atom. The van der Waals surface area contributed by atoms with Gasteiger partial charge in [-0.25, -0.2) is 0 Å². The molecular formula is C13H22N4. The number of nitrogens with one attached hydrogen (secondary N) is 1. The van der Waals surface area contributed by atoms with E-state index in [1.165, 1.54) is 19.5 Å². The molecule has 4 nitrogen and oxygen atoms in total. The molecule has 0 saturated carbocycles. The predicted octanol–water partition coefficient (Wildman–Crippen LogP) is 1.30. The van der Waals surface area contributed by atoms with E-state index in [0.717, 1.165) is 24.7 Å². The molecule has 2 rings (SSSR count). The lowest BCUT2D eigenvalue weighted by molar-refractivity contribution is 0.308. The number of rotatable bonds is 5. The highest BCUT2D eigenvalue weighted by molar-refractivity contribution is 4.99. The first-order valence-corrected chi connectivity index (χ1v) is 6.46. The Labute approximate surface area is 103 Å². The van der Waals surface area contributed by atoms with Gasteiger partial charge in [0.2, 0.25) is 0 Å². The van der Waals surface area contributed by atoms with Crippen LogP contribution >= 0.6 is 0 Å². The maximum absolute atomic E-state index is 4.13. The zero-order chi connectivity index (χ0) is 12.1. The molecule has 0 aliphatic carbocycles. The second-order valence-corrected chi connectivity index (χ2v) is 5.17. The van der Waals surface area contributed by atoms with Gasteiger partial charge in [0, 0.05) is 25.3 Å². The second kappa shape index (κ2) is 6.07. The molecule has 1 saturated heterocycles. The summed E-state index contributed by atoms with van der Waals surface area (Å²) in [5.74, 6) is 0.786. The van der Waals surface area contributed by atoms with Crippen LogP contribution in [-0.2, 0) is 6.54 Å². The molecule has 1 aromatic rings. The van der Waals surface area contributed by atoms with Crippen LogP contribution in [0.2, 0.25) is 0 Å². The number of aromatic nitrogens is 2. The molecule has 4 heteroatoms. The molecule has 0 bridgehead atoms. The van der Waals surface area contributed by atoms with Gasteiger partial charge in [0.1, 0.15) is 0 Å². The van der Waals surface area contributed by atoms with Gasteiger partial charge in [0.25, 0.3) is 0 Å². The van der Waals surface area contributed by atoms with E-state index < -0.39 is 0 Å². The van der Waals surface area contributed by atoms with Gasteiger partial charge < -0.3 is 5.32 Å². The summed E-state index contributed by atoms with van der Waals surface area (Å²) in [5, 5.41) is 11.6. The molecule has 2 heterocycles. The Bertz CT molecular complexity index is 325. The van der Waals surface area contributed by atoms with Crippen molar-refractivity contribution in [1.82, 2.24) is 20.4 Å². The smallest absolute Gasteiger partial charge is 0.0771 e. The lowest BCUT2D eigenvalue weighted by Crippen LogP contribution is -2.30. The highest BCUT2D eigenvalue weighted by Crippen LogP contribution is 2.17. The molecule has 1 unspecified atom stereocenters. The lowest BCUT2D eigenvalue weighted by atomic mass is 10.1. The third-order valence-corrected chi connectivity index (χ3v) is 3.20. The summed E-state index contributed by atoms with van der Waals surface area (Å²) in [6.45, 7) is 8.83. The average molecular weight is 234 g/mol. The van der Waals surface area contributed by atoms with Gasteiger partial charge in [0.15, 0.2) is 0 Å². The molecule has 1 aliphatic rings. The maximum atomic E-state index is 4.13. The number of hydrogen-bond donors (Lipinski definition) is 1. The van der Waals surface area contributed by atoms with E-state index >= 15 is 0 Å². The minimum absolute atomic E-state index is 0.587. The third kappa shape index (κ3) is 4.06. The summed E-state index contributed by atoms with van der Waals surface area (Å²) >= 11 is 0. The van der Waals surface area contributed by atoms with Crippen molar-refractivity contribution in [2.45, 2.75) is 32.9 Å². The van der Waals surface area contributed by atoms with E-state index in [1.807, 2.05) is 12.1 Å². The van der Waals surface area contributed by atoms with Crippen LogP contribution in [0.5, 0.6) is 0 Å². The van der Waals surface area contributed by atoms with Crippen molar-refractivity contribution in [1.29, 1.82) is 0 Å². The Morgan fingerprint density at radius 2 is 2.41 bits per heavy atom. The minimum atomic E-state index is 0.587. The van der Waals surface area contributed by atoms with Crippen LogP contribution in [0, 0.1) is 5.92 Å². The lowest BCUT2D eigenvalue weighted by Gasteiger charge is -2.16. The molecule has 0 spiro atoms. The SMILES string of the molecule is CC(C)NCC1CCN(Cc2cccnn2)C1. The molecule has 1 aliphatic heterocycles. The van der Waals surface area contributed by atoms with Crippen molar-refractivity contribution >= 4 is 0 Å². The van der Waals surface area contributed by atoms with Gasteiger partial charge in [-0.3, -0.25) is 4.90 Å². The first-order valence-electron chi connectivity index (χ1n) is 6.46. The number of nitrogens with zero attached hydrogens (tertiary/aromatic N) is 3. The summed E-state index contributed by atoms with van der Waals surface area (Å²) in [7, 11) is 0. The number of likely N-dealkylation sites (tertiary alicyclic amines) is 1. The van der Waals surface area contributed by atoms with Crippen LogP contribution in [-0.4, -0.2) is 40.8 Å². The topological polar surface area (TPSA) is 41.0 Å². The molecule has 1 aromatic heterocycles. The second-order valence-electron chi connectivity index (χ2n) is 5.17. The van der Waals surface area contributed by atoms with Gasteiger partial charge in [0.05, 0.1) is 5.69 Å². The molecule has 1 N–H and O–H groups in total. The fourth-order valence-corrected chi connectivity index (χ4v) is 2.27. The van der Waals surface area contributed by atoms with E-state index in [1.54, 1.807) is 6.20 Å². The summed E-state index contributed by atoms with van der Waals surface area (Å²) < 4.78 is 0. The average Bonchev–Trinajstić information content (AvgIpc) is 2.75. The predicted molar refractivity (Wildman–Crippen MR) is 68.6 cm³/mol. The summed E-state index contributed by atoms with van der Waals surface area (Å²) in [6, 6.07) is 4.59. The Kier molecular flexibility index (Phi) is 4.45. The fraction of sp³-hybridized carbons (Fsp3) is 0.692. The van der Waals surface area contributed by atoms with Crippen LogP contribution in [0.1, 0.15) is 26.0 Å². The van der Waals surface area contributed by atoms with E-state index in [2.05, 4.69) is 34.3 Å². The Balaban J connectivity index is 1.74. The van der Waals surface area contributed by atoms with Crippen molar-refractivity contribution in [3.63, 3.8) is 0 Å². The van der Waals surface area contributed by atoms with Gasteiger partial charge >= 0.3 is 0 Å². The van der Waals surface area contributed by atoms with Crippen molar-refractivity contribution in [2.24, 2.45) is 5.92 Å². The normalized spacial score (nSPS) is 21.2. The summed E-state index contributed by atoms with van der Waals surface area (Å²) in [5.41, 5.74) is 1.07. The van der Waals surface area contributed by atoms with Crippen molar-refractivity contribution in [3.8, 4) is 0 Å². The summed E-state index contributed by atoms with van der Waals surface area (Å²) in [4.78, 5) is 2.47. The highest BCUT2D eigenvalue weighted by Gasteiger charge is 2.22. The third-order valence-electron chi connectivity index (χ3n) is 3.20. The van der Waals surface area contributed by atoms with Gasteiger partial charge in [-0.05, 0) is 37.6 Å². The zero-order valence-electron chi connectivity index (χ0n) is 10.8. The van der Waals surface area contributed by atoms with E-state index in [-0.39, 0.29) is 0 Å². The van der Waals surface area contributed by atoms with Gasteiger partial charge in [-0.1, -0.05) is 13.8 Å². The highest BCUT2D eigenvalue weighted by atomic mass is 15.2. The first kappa shape index (κ1) is 12.5. The largest absolute Gasteiger partial charge is 0.314 e. The fourth-order valence-electron chi connectivity index (χ4n) is 2.27. The molecular weight excluding hydrogens is 212 g/mol. The van der Waals surface area contributed by atoms with E-state index in [9.17, 15) is 0 Å². The van der Waals surface area contributed by atoms with Gasteiger partial charge in [-0.2, -0.15) is 10.2 Å². The molecule has 1 atom stereocenters. The molecule has 94 valence electrons. The minimum Gasteiger partial charge on any atom is -0.314 e. The standard InChI is InChI=1S/C13H22N4/c1-11(2)14-8-12-5-7-17(9-12)10-13-4-3-6-15-16-13/h3-4,6,11-12,14H,5,7-10H2,1-2H3. The number of hydrogen-bond acceptors (Lipinski definition) is 4. The molecule has 17 heavy (non-hydrogen) atoms. The first-order chi connectivity index (χ1) is 8.24. The molecule has 0 amide bonds. The van der Waals surface area contributed by atoms with Crippen molar-refractivity contribution in [3.05, 3.63) is 24.0 Å². The Hall–Kier alpha value is -1.00.